The minimum Gasteiger partial charge on any atom is -0.388 e. The Kier molecular flexibility index (Phi) is 2.76. The Hall–Kier alpha value is -1.29. The molecule has 0 aliphatic carbocycles. The van der Waals surface area contributed by atoms with Crippen LogP contribution in [0.2, 0.25) is 0 Å². The lowest BCUT2D eigenvalue weighted by Crippen LogP contribution is -2.48. The van der Waals surface area contributed by atoms with Crippen LogP contribution in [0.25, 0.3) is 0 Å². The predicted octanol–water partition coefficient (Wildman–Crippen LogP) is 1.01. The summed E-state index contributed by atoms with van der Waals surface area (Å²) < 4.78 is 1.81. The maximum Gasteiger partial charge on any atom is 0.270 e. The number of piperidine rings is 1. The second-order valence-corrected chi connectivity index (χ2v) is 4.83. The van der Waals surface area contributed by atoms with E-state index in [0.29, 0.717) is 12.2 Å². The zero-order chi connectivity index (χ0) is 11.8. The van der Waals surface area contributed by atoms with Crippen LogP contribution < -0.4 is 0 Å². The standard InChI is InChI=1S/C12H18N2O2/c1-12(16)6-4-8-14(9-12)11(15)10-5-3-7-13(10)2/h3,5,7,16H,4,6,8-9H2,1-2H3. The second-order valence-electron chi connectivity index (χ2n) is 4.83. The molecule has 1 aliphatic heterocycles. The number of aliphatic hydroxyl groups is 1. The number of aryl methyl sites for hydroxylation is 1. The fraction of sp³-hybridized carbons (Fsp3) is 0.583. The number of carbonyl (C=O) groups is 1. The lowest BCUT2D eigenvalue weighted by molar-refractivity contribution is -0.0110. The molecule has 88 valence electrons. The molecule has 2 heterocycles. The third kappa shape index (κ3) is 2.11. The summed E-state index contributed by atoms with van der Waals surface area (Å²) in [6, 6.07) is 3.67. The van der Waals surface area contributed by atoms with Crippen molar-refractivity contribution in [3.05, 3.63) is 24.0 Å². The monoisotopic (exact) mass is 222 g/mol. The van der Waals surface area contributed by atoms with E-state index in [1.165, 1.54) is 0 Å². The van der Waals surface area contributed by atoms with Crippen LogP contribution >= 0.6 is 0 Å². The van der Waals surface area contributed by atoms with E-state index in [1.807, 2.05) is 29.9 Å². The summed E-state index contributed by atoms with van der Waals surface area (Å²) in [5.74, 6) is 0.00692. The Labute approximate surface area is 95.5 Å². The zero-order valence-corrected chi connectivity index (χ0v) is 9.81. The highest BCUT2D eigenvalue weighted by Gasteiger charge is 2.31. The predicted molar refractivity (Wildman–Crippen MR) is 61.2 cm³/mol. The van der Waals surface area contributed by atoms with Crippen molar-refractivity contribution in [2.24, 2.45) is 7.05 Å². The summed E-state index contributed by atoms with van der Waals surface area (Å²) in [6.45, 7) is 2.95. The summed E-state index contributed by atoms with van der Waals surface area (Å²) >= 11 is 0. The number of carbonyl (C=O) groups excluding carboxylic acids is 1. The molecule has 4 nitrogen and oxygen atoms in total. The van der Waals surface area contributed by atoms with Crippen molar-refractivity contribution in [2.45, 2.75) is 25.4 Å². The van der Waals surface area contributed by atoms with E-state index >= 15 is 0 Å². The van der Waals surface area contributed by atoms with Crippen LogP contribution in [0.5, 0.6) is 0 Å². The lowest BCUT2D eigenvalue weighted by atomic mass is 9.95. The molecule has 1 saturated heterocycles. The Balaban J connectivity index is 2.14. The van der Waals surface area contributed by atoms with Gasteiger partial charge in [-0.2, -0.15) is 0 Å². The first-order valence-electron chi connectivity index (χ1n) is 5.63. The molecule has 1 unspecified atom stereocenters. The fourth-order valence-corrected chi connectivity index (χ4v) is 2.24. The Morgan fingerprint density at radius 1 is 1.56 bits per heavy atom. The summed E-state index contributed by atoms with van der Waals surface area (Å²) in [4.78, 5) is 13.9. The van der Waals surface area contributed by atoms with E-state index in [4.69, 9.17) is 0 Å². The number of hydrogen-bond donors (Lipinski definition) is 1. The summed E-state index contributed by atoms with van der Waals surface area (Å²) in [5.41, 5.74) is -0.0586. The number of likely N-dealkylation sites (tertiary alicyclic amines) is 1. The number of β-amino-alcohol motifs (C(OH)–C–C–N with tert-alkyl or cyclic N) is 1. The highest BCUT2D eigenvalue weighted by molar-refractivity contribution is 5.92. The Bertz CT molecular complexity index is 395. The molecule has 2 rings (SSSR count). The van der Waals surface area contributed by atoms with E-state index in [0.717, 1.165) is 19.4 Å². The van der Waals surface area contributed by atoms with Crippen molar-refractivity contribution in [2.75, 3.05) is 13.1 Å². The van der Waals surface area contributed by atoms with Gasteiger partial charge in [-0.1, -0.05) is 0 Å². The van der Waals surface area contributed by atoms with Gasteiger partial charge in [-0.25, -0.2) is 0 Å². The Morgan fingerprint density at radius 3 is 2.88 bits per heavy atom. The van der Waals surface area contributed by atoms with Gasteiger partial charge in [-0.15, -0.1) is 0 Å². The van der Waals surface area contributed by atoms with Crippen molar-refractivity contribution in [1.29, 1.82) is 0 Å². The van der Waals surface area contributed by atoms with Crippen LogP contribution in [0.4, 0.5) is 0 Å². The van der Waals surface area contributed by atoms with Crippen LogP contribution in [-0.2, 0) is 7.05 Å². The molecule has 0 saturated carbocycles. The molecule has 1 aliphatic rings. The van der Waals surface area contributed by atoms with Crippen LogP contribution in [0.15, 0.2) is 18.3 Å². The van der Waals surface area contributed by atoms with Gasteiger partial charge in [0, 0.05) is 26.3 Å². The number of nitrogens with zero attached hydrogens (tertiary/aromatic N) is 2. The highest BCUT2D eigenvalue weighted by atomic mass is 16.3. The minimum atomic E-state index is -0.737. The molecule has 0 radical (unpaired) electrons. The van der Waals surface area contributed by atoms with Crippen LogP contribution in [0.1, 0.15) is 30.3 Å². The van der Waals surface area contributed by atoms with E-state index < -0.39 is 5.60 Å². The van der Waals surface area contributed by atoms with Gasteiger partial charge < -0.3 is 14.6 Å². The number of hydrogen-bond acceptors (Lipinski definition) is 2. The topological polar surface area (TPSA) is 45.5 Å². The van der Waals surface area contributed by atoms with Gasteiger partial charge in [0.15, 0.2) is 0 Å². The molecule has 1 atom stereocenters. The van der Waals surface area contributed by atoms with Gasteiger partial charge >= 0.3 is 0 Å². The van der Waals surface area contributed by atoms with E-state index in [2.05, 4.69) is 0 Å². The summed E-state index contributed by atoms with van der Waals surface area (Å²) in [6.07, 6.45) is 3.49. The molecule has 16 heavy (non-hydrogen) atoms. The van der Waals surface area contributed by atoms with E-state index in [-0.39, 0.29) is 5.91 Å². The molecule has 1 amide bonds. The third-order valence-corrected chi connectivity index (χ3v) is 3.12. The first-order chi connectivity index (χ1) is 7.49. The van der Waals surface area contributed by atoms with Crippen molar-refractivity contribution in [3.63, 3.8) is 0 Å². The van der Waals surface area contributed by atoms with Crippen molar-refractivity contribution < 1.29 is 9.90 Å². The fourth-order valence-electron chi connectivity index (χ4n) is 2.24. The average molecular weight is 222 g/mol. The van der Waals surface area contributed by atoms with Gasteiger partial charge in [0.2, 0.25) is 0 Å². The van der Waals surface area contributed by atoms with Crippen LogP contribution in [0, 0.1) is 0 Å². The largest absolute Gasteiger partial charge is 0.388 e. The lowest BCUT2D eigenvalue weighted by Gasteiger charge is -2.36. The van der Waals surface area contributed by atoms with Gasteiger partial charge in [0.05, 0.1) is 5.60 Å². The van der Waals surface area contributed by atoms with Crippen LogP contribution in [-0.4, -0.2) is 39.2 Å². The van der Waals surface area contributed by atoms with Gasteiger partial charge in [0.25, 0.3) is 5.91 Å². The number of amides is 1. The van der Waals surface area contributed by atoms with Crippen LogP contribution in [0.3, 0.4) is 0 Å². The molecule has 0 spiro atoms. The molecule has 1 aromatic rings. The molecule has 1 aromatic heterocycles. The molecule has 4 heteroatoms. The number of aromatic nitrogens is 1. The van der Waals surface area contributed by atoms with Gasteiger partial charge in [-0.3, -0.25) is 4.79 Å². The van der Waals surface area contributed by atoms with Gasteiger partial charge in [-0.05, 0) is 31.9 Å². The van der Waals surface area contributed by atoms with Crippen molar-refractivity contribution in [3.8, 4) is 0 Å². The molecule has 0 aromatic carbocycles. The first kappa shape index (κ1) is 11.2. The average Bonchev–Trinajstić information content (AvgIpc) is 2.62. The van der Waals surface area contributed by atoms with Crippen molar-refractivity contribution in [1.82, 2.24) is 9.47 Å². The zero-order valence-electron chi connectivity index (χ0n) is 9.81. The maximum absolute atomic E-state index is 12.2. The molecule has 0 bridgehead atoms. The normalized spacial score (nSPS) is 25.8. The Morgan fingerprint density at radius 2 is 2.31 bits per heavy atom. The van der Waals surface area contributed by atoms with Gasteiger partial charge in [0.1, 0.15) is 5.69 Å². The summed E-state index contributed by atoms with van der Waals surface area (Å²) in [5, 5.41) is 9.96. The summed E-state index contributed by atoms with van der Waals surface area (Å²) in [7, 11) is 1.86. The smallest absolute Gasteiger partial charge is 0.270 e. The minimum absolute atomic E-state index is 0.00692. The molecule has 1 N–H and O–H groups in total. The molecular weight excluding hydrogens is 204 g/mol. The first-order valence-corrected chi connectivity index (χ1v) is 5.63. The van der Waals surface area contributed by atoms with E-state index in [1.54, 1.807) is 11.8 Å². The number of rotatable bonds is 1. The second kappa shape index (κ2) is 3.94. The SMILES string of the molecule is Cn1cccc1C(=O)N1CCCC(C)(O)C1. The molecular formula is C12H18N2O2. The maximum atomic E-state index is 12.2. The highest BCUT2D eigenvalue weighted by Crippen LogP contribution is 2.21. The van der Waals surface area contributed by atoms with E-state index in [9.17, 15) is 9.90 Å². The molecule has 1 fully saturated rings. The quantitative estimate of drug-likeness (QED) is 0.771. The third-order valence-electron chi connectivity index (χ3n) is 3.12. The van der Waals surface area contributed by atoms with Crippen molar-refractivity contribution >= 4 is 5.91 Å².